The van der Waals surface area contributed by atoms with E-state index in [4.69, 9.17) is 4.74 Å². The van der Waals surface area contributed by atoms with Gasteiger partial charge in [-0.2, -0.15) is 0 Å². The number of rotatable bonds is 6. The van der Waals surface area contributed by atoms with E-state index in [1.54, 1.807) is 7.11 Å². The van der Waals surface area contributed by atoms with Crippen molar-refractivity contribution in [2.24, 2.45) is 0 Å². The fraction of sp³-hybridized carbons (Fsp3) is 0.136. The maximum atomic E-state index is 12.7. The molecule has 132 valence electrons. The predicted octanol–water partition coefficient (Wildman–Crippen LogP) is 4.91. The second kappa shape index (κ2) is 8.68. The van der Waals surface area contributed by atoms with Gasteiger partial charge in [0.15, 0.2) is 0 Å². The molecule has 0 aliphatic heterocycles. The Morgan fingerprint density at radius 2 is 1.65 bits per heavy atom. The largest absolute Gasteiger partial charge is 0.497 e. The first-order valence-electron chi connectivity index (χ1n) is 8.38. The molecule has 26 heavy (non-hydrogen) atoms. The van der Waals surface area contributed by atoms with Gasteiger partial charge in [-0.15, -0.1) is 0 Å². The molecule has 0 spiro atoms. The Morgan fingerprint density at radius 3 is 2.35 bits per heavy atom. The molecule has 0 aromatic heterocycles. The Kier molecular flexibility index (Phi) is 6.08. The van der Waals surface area contributed by atoms with Crippen LogP contribution in [0.1, 0.15) is 22.7 Å². The number of ether oxygens (including phenoxy) is 1. The summed E-state index contributed by atoms with van der Waals surface area (Å²) in [6, 6.07) is 25.4. The summed E-state index contributed by atoms with van der Waals surface area (Å²) in [7, 11) is 1.62. The van der Waals surface area contributed by atoms with Crippen molar-refractivity contribution in [1.82, 2.24) is 5.32 Å². The van der Waals surface area contributed by atoms with E-state index in [0.717, 1.165) is 26.9 Å². The van der Waals surface area contributed by atoms with Crippen molar-refractivity contribution in [2.75, 3.05) is 7.11 Å². The monoisotopic (exact) mass is 409 g/mol. The molecule has 0 heterocycles. The number of methoxy groups -OCH3 is 1. The lowest BCUT2D eigenvalue weighted by Crippen LogP contribution is -2.30. The zero-order valence-electron chi connectivity index (χ0n) is 14.5. The molecule has 0 aliphatic carbocycles. The number of halogens is 1. The van der Waals surface area contributed by atoms with E-state index in [-0.39, 0.29) is 11.9 Å². The molecule has 0 bridgehead atoms. The van der Waals surface area contributed by atoms with E-state index in [1.807, 2.05) is 78.9 Å². The van der Waals surface area contributed by atoms with Crippen LogP contribution in [-0.2, 0) is 11.2 Å². The van der Waals surface area contributed by atoms with Crippen molar-refractivity contribution in [3.63, 3.8) is 0 Å². The van der Waals surface area contributed by atoms with E-state index in [1.165, 1.54) is 0 Å². The van der Waals surface area contributed by atoms with Crippen molar-refractivity contribution in [3.05, 3.63) is 100 Å². The highest BCUT2D eigenvalue weighted by molar-refractivity contribution is 9.10. The SMILES string of the molecule is COc1cccc(CC(=O)NC(c2ccccc2)c2ccc(Br)cc2)c1. The second-order valence-corrected chi connectivity index (χ2v) is 6.91. The highest BCUT2D eigenvalue weighted by Crippen LogP contribution is 2.24. The summed E-state index contributed by atoms with van der Waals surface area (Å²) in [6.07, 6.45) is 0.303. The average Bonchev–Trinajstić information content (AvgIpc) is 2.68. The summed E-state index contributed by atoms with van der Waals surface area (Å²) in [5.74, 6) is 0.720. The molecule has 0 saturated heterocycles. The fourth-order valence-electron chi connectivity index (χ4n) is 2.84. The Balaban J connectivity index is 1.81. The van der Waals surface area contributed by atoms with Gasteiger partial charge in [0, 0.05) is 4.47 Å². The summed E-state index contributed by atoms with van der Waals surface area (Å²) in [5, 5.41) is 3.16. The Labute approximate surface area is 162 Å². The maximum Gasteiger partial charge on any atom is 0.225 e. The van der Waals surface area contributed by atoms with Gasteiger partial charge >= 0.3 is 0 Å². The molecule has 3 aromatic rings. The van der Waals surface area contributed by atoms with Gasteiger partial charge in [-0.05, 0) is 41.0 Å². The molecule has 0 radical (unpaired) electrons. The van der Waals surface area contributed by atoms with Crippen LogP contribution in [-0.4, -0.2) is 13.0 Å². The minimum absolute atomic E-state index is 0.0324. The van der Waals surface area contributed by atoms with E-state index in [0.29, 0.717) is 6.42 Å². The zero-order valence-corrected chi connectivity index (χ0v) is 16.1. The Morgan fingerprint density at radius 1 is 0.962 bits per heavy atom. The molecule has 1 N–H and O–H groups in total. The van der Waals surface area contributed by atoms with Crippen molar-refractivity contribution >= 4 is 21.8 Å². The van der Waals surface area contributed by atoms with Crippen molar-refractivity contribution in [3.8, 4) is 5.75 Å². The van der Waals surface area contributed by atoms with E-state index in [2.05, 4.69) is 21.2 Å². The highest BCUT2D eigenvalue weighted by Gasteiger charge is 2.17. The molecule has 4 heteroatoms. The number of carbonyl (C=O) groups excluding carboxylic acids is 1. The molecule has 0 saturated carbocycles. The van der Waals surface area contributed by atoms with Crippen LogP contribution in [0.2, 0.25) is 0 Å². The van der Waals surface area contributed by atoms with Crippen LogP contribution in [0.5, 0.6) is 5.75 Å². The van der Waals surface area contributed by atoms with Crippen molar-refractivity contribution < 1.29 is 9.53 Å². The standard InChI is InChI=1S/C22H20BrNO2/c1-26-20-9-5-6-16(14-20)15-21(25)24-22(17-7-3-2-4-8-17)18-10-12-19(23)13-11-18/h2-14,22H,15H2,1H3,(H,24,25). The molecule has 3 aromatic carbocycles. The Hall–Kier alpha value is -2.59. The number of nitrogens with one attached hydrogen (secondary N) is 1. The third kappa shape index (κ3) is 4.73. The molecule has 1 amide bonds. The van der Waals surface area contributed by atoms with Gasteiger partial charge in [-0.1, -0.05) is 70.5 Å². The number of benzene rings is 3. The second-order valence-electron chi connectivity index (χ2n) is 5.99. The first kappa shape index (κ1) is 18.2. The lowest BCUT2D eigenvalue weighted by molar-refractivity contribution is -0.120. The predicted molar refractivity (Wildman–Crippen MR) is 107 cm³/mol. The topological polar surface area (TPSA) is 38.3 Å². The number of hydrogen-bond donors (Lipinski definition) is 1. The number of hydrogen-bond acceptors (Lipinski definition) is 2. The normalized spacial score (nSPS) is 11.6. The smallest absolute Gasteiger partial charge is 0.225 e. The van der Waals surface area contributed by atoms with E-state index in [9.17, 15) is 4.79 Å². The van der Waals surface area contributed by atoms with Gasteiger partial charge in [0.2, 0.25) is 5.91 Å². The molecule has 1 unspecified atom stereocenters. The third-order valence-corrected chi connectivity index (χ3v) is 4.67. The fourth-order valence-corrected chi connectivity index (χ4v) is 3.10. The van der Waals surface area contributed by atoms with Crippen LogP contribution >= 0.6 is 15.9 Å². The van der Waals surface area contributed by atoms with Crippen LogP contribution in [0, 0.1) is 0 Å². The summed E-state index contributed by atoms with van der Waals surface area (Å²) in [6.45, 7) is 0. The van der Waals surface area contributed by atoms with Gasteiger partial charge in [-0.25, -0.2) is 0 Å². The summed E-state index contributed by atoms with van der Waals surface area (Å²) >= 11 is 3.46. The quantitative estimate of drug-likeness (QED) is 0.628. The van der Waals surface area contributed by atoms with Crippen LogP contribution < -0.4 is 10.1 Å². The molecule has 0 aliphatic rings. The molecule has 1 atom stereocenters. The lowest BCUT2D eigenvalue weighted by atomic mass is 9.98. The summed E-state index contributed by atoms with van der Waals surface area (Å²) in [5.41, 5.74) is 3.01. The van der Waals surface area contributed by atoms with Crippen molar-refractivity contribution in [2.45, 2.75) is 12.5 Å². The van der Waals surface area contributed by atoms with Crippen molar-refractivity contribution in [1.29, 1.82) is 0 Å². The van der Waals surface area contributed by atoms with Gasteiger partial charge in [0.05, 0.1) is 19.6 Å². The molecule has 3 nitrogen and oxygen atoms in total. The summed E-state index contributed by atoms with van der Waals surface area (Å²) < 4.78 is 6.24. The Bertz CT molecular complexity index is 863. The van der Waals surface area contributed by atoms with Gasteiger partial charge < -0.3 is 10.1 Å². The molecular formula is C22H20BrNO2. The zero-order chi connectivity index (χ0) is 18.4. The first-order chi connectivity index (χ1) is 12.7. The van der Waals surface area contributed by atoms with Crippen LogP contribution in [0.25, 0.3) is 0 Å². The van der Waals surface area contributed by atoms with Gasteiger partial charge in [0.1, 0.15) is 5.75 Å². The number of amides is 1. The highest BCUT2D eigenvalue weighted by atomic mass is 79.9. The van der Waals surface area contributed by atoms with Gasteiger partial charge in [0.25, 0.3) is 0 Å². The third-order valence-electron chi connectivity index (χ3n) is 4.14. The average molecular weight is 410 g/mol. The molecular weight excluding hydrogens is 390 g/mol. The van der Waals surface area contributed by atoms with E-state index >= 15 is 0 Å². The maximum absolute atomic E-state index is 12.7. The van der Waals surface area contributed by atoms with Crippen LogP contribution in [0.3, 0.4) is 0 Å². The first-order valence-corrected chi connectivity index (χ1v) is 9.18. The summed E-state index contributed by atoms with van der Waals surface area (Å²) in [4.78, 5) is 12.7. The van der Waals surface area contributed by atoms with Crippen LogP contribution in [0.15, 0.2) is 83.3 Å². The number of carbonyl (C=O) groups is 1. The minimum Gasteiger partial charge on any atom is -0.497 e. The van der Waals surface area contributed by atoms with Gasteiger partial charge in [-0.3, -0.25) is 4.79 Å². The van der Waals surface area contributed by atoms with Crippen LogP contribution in [0.4, 0.5) is 0 Å². The minimum atomic E-state index is -0.192. The molecule has 0 fully saturated rings. The van der Waals surface area contributed by atoms with E-state index < -0.39 is 0 Å². The lowest BCUT2D eigenvalue weighted by Gasteiger charge is -2.20. The molecule has 3 rings (SSSR count).